The predicted octanol–water partition coefficient (Wildman–Crippen LogP) is 22.9. The first-order chi connectivity index (χ1) is 38.0. The Morgan fingerprint density at radius 2 is 0.494 bits per heavy atom. The first kappa shape index (κ1) is 73.8. The lowest BCUT2D eigenvalue weighted by atomic mass is 10.0. The van der Waals surface area contributed by atoms with Crippen LogP contribution in [0.25, 0.3) is 0 Å². The van der Waals surface area contributed by atoms with E-state index in [9.17, 15) is 14.4 Å². The van der Waals surface area contributed by atoms with Gasteiger partial charge in [0, 0.05) is 19.3 Å². The Labute approximate surface area is 478 Å². The van der Waals surface area contributed by atoms with Gasteiger partial charge >= 0.3 is 17.9 Å². The summed E-state index contributed by atoms with van der Waals surface area (Å²) >= 11 is 0. The molecule has 0 radical (unpaired) electrons. The van der Waals surface area contributed by atoms with E-state index in [0.717, 1.165) is 64.2 Å². The lowest BCUT2D eigenvalue weighted by molar-refractivity contribution is -0.166. The van der Waals surface area contributed by atoms with E-state index >= 15 is 0 Å². The molecule has 0 spiro atoms. The van der Waals surface area contributed by atoms with E-state index in [1.54, 1.807) is 0 Å². The summed E-state index contributed by atoms with van der Waals surface area (Å²) in [5.74, 6) is -0.965. The molecule has 0 bridgehead atoms. The quantitative estimate of drug-likeness (QED) is 0.0261. The number of hydrogen-bond donors (Lipinski definition) is 0. The highest BCUT2D eigenvalue weighted by Gasteiger charge is 2.19. The number of carbonyl (C=O) groups excluding carboxylic acids is 3. The molecular weight excluding hydrogens is 949 g/mol. The van der Waals surface area contributed by atoms with Crippen molar-refractivity contribution in [3.05, 3.63) is 72.9 Å². The highest BCUT2D eigenvalue weighted by Crippen LogP contribution is 2.17. The third-order valence-corrected chi connectivity index (χ3v) is 14.7. The molecule has 0 rings (SSSR count). The van der Waals surface area contributed by atoms with Crippen molar-refractivity contribution in [3.63, 3.8) is 0 Å². The average Bonchev–Trinajstić information content (AvgIpc) is 3.43. The van der Waals surface area contributed by atoms with E-state index in [0.29, 0.717) is 19.3 Å². The zero-order valence-electron chi connectivity index (χ0n) is 51.2. The van der Waals surface area contributed by atoms with Gasteiger partial charge < -0.3 is 14.2 Å². The van der Waals surface area contributed by atoms with Crippen LogP contribution in [0.15, 0.2) is 72.9 Å². The van der Waals surface area contributed by atoms with E-state index < -0.39 is 6.10 Å². The molecule has 0 saturated carbocycles. The van der Waals surface area contributed by atoms with Gasteiger partial charge in [0.2, 0.25) is 0 Å². The zero-order chi connectivity index (χ0) is 55.7. The summed E-state index contributed by atoms with van der Waals surface area (Å²) in [6, 6.07) is 0. The number of esters is 3. The highest BCUT2D eigenvalue weighted by molar-refractivity contribution is 5.71. The summed E-state index contributed by atoms with van der Waals surface area (Å²) in [6.45, 7) is 6.60. The van der Waals surface area contributed by atoms with Gasteiger partial charge in [-0.1, -0.05) is 312 Å². The zero-order valence-corrected chi connectivity index (χ0v) is 51.2. The second-order valence-electron chi connectivity index (χ2n) is 22.4. The van der Waals surface area contributed by atoms with Gasteiger partial charge in [0.1, 0.15) is 13.2 Å². The van der Waals surface area contributed by atoms with Crippen molar-refractivity contribution in [2.45, 2.75) is 348 Å². The van der Waals surface area contributed by atoms with Crippen LogP contribution in [0.5, 0.6) is 0 Å². The molecule has 0 heterocycles. The van der Waals surface area contributed by atoms with Crippen molar-refractivity contribution in [3.8, 4) is 0 Å². The van der Waals surface area contributed by atoms with Crippen LogP contribution in [-0.2, 0) is 28.6 Å². The molecule has 6 nitrogen and oxygen atoms in total. The lowest BCUT2D eigenvalue weighted by Gasteiger charge is -2.18. The Kier molecular flexibility index (Phi) is 62.7. The van der Waals surface area contributed by atoms with Crippen molar-refractivity contribution in [2.24, 2.45) is 0 Å². The standard InChI is InChI=1S/C71H126O6/c1-4-7-10-13-16-19-22-25-28-31-34-35-38-40-43-46-49-52-55-58-61-64-70(73)76-67-68(77-71(74)65-62-59-56-53-50-47-44-41-37-33-30-27-24-21-18-15-12-9-6-3)66-75-69(72)63-60-57-54-51-48-45-42-39-36-32-29-26-23-20-17-14-11-8-5-2/h17,20,26-27,29-30,36,39,45,48,54,57,68H,4-16,18-19,21-25,28,31-35,37-38,40-44,46-47,49-53,55-56,58-67H2,1-3H3/b20-17-,29-26-,30-27-,39-36-,48-45-,57-54-/t68-/m1/s1. The largest absolute Gasteiger partial charge is 0.462 e. The molecule has 0 N–H and O–H groups in total. The molecule has 0 aromatic heterocycles. The number of unbranched alkanes of at least 4 members (excludes halogenated alkanes) is 38. The summed E-state index contributed by atoms with van der Waals surface area (Å²) in [4.78, 5) is 38.4. The van der Waals surface area contributed by atoms with Crippen LogP contribution in [-0.4, -0.2) is 37.2 Å². The molecule has 6 heteroatoms. The lowest BCUT2D eigenvalue weighted by Crippen LogP contribution is -2.30. The molecule has 77 heavy (non-hydrogen) atoms. The van der Waals surface area contributed by atoms with Gasteiger partial charge in [-0.25, -0.2) is 0 Å². The Bertz CT molecular complexity index is 1420. The molecule has 0 aliphatic carbocycles. The van der Waals surface area contributed by atoms with Crippen molar-refractivity contribution in [2.75, 3.05) is 13.2 Å². The van der Waals surface area contributed by atoms with Crippen molar-refractivity contribution >= 4 is 17.9 Å². The van der Waals surface area contributed by atoms with Gasteiger partial charge in [-0.3, -0.25) is 14.4 Å². The minimum Gasteiger partial charge on any atom is -0.462 e. The molecule has 1 atom stereocenters. The van der Waals surface area contributed by atoms with Gasteiger partial charge in [0.05, 0.1) is 0 Å². The molecule has 0 aromatic rings. The number of hydrogen-bond acceptors (Lipinski definition) is 6. The van der Waals surface area contributed by atoms with Crippen LogP contribution in [0.4, 0.5) is 0 Å². The topological polar surface area (TPSA) is 78.9 Å². The monoisotopic (exact) mass is 1070 g/mol. The molecular formula is C71H126O6. The van der Waals surface area contributed by atoms with Crippen LogP contribution >= 0.6 is 0 Å². The Morgan fingerprint density at radius 1 is 0.260 bits per heavy atom. The second kappa shape index (κ2) is 65.4. The highest BCUT2D eigenvalue weighted by atomic mass is 16.6. The van der Waals surface area contributed by atoms with E-state index in [2.05, 4.69) is 87.6 Å². The summed E-state index contributed by atoms with van der Waals surface area (Å²) in [5.41, 5.74) is 0. The fraction of sp³-hybridized carbons (Fsp3) is 0.789. The first-order valence-corrected chi connectivity index (χ1v) is 33.4. The Morgan fingerprint density at radius 3 is 0.844 bits per heavy atom. The molecule has 0 fully saturated rings. The minimum atomic E-state index is -0.807. The molecule has 0 aliphatic heterocycles. The number of ether oxygens (including phenoxy) is 3. The van der Waals surface area contributed by atoms with Crippen LogP contribution < -0.4 is 0 Å². The molecule has 0 amide bonds. The van der Waals surface area contributed by atoms with E-state index in [1.165, 1.54) is 231 Å². The summed E-state index contributed by atoms with van der Waals surface area (Å²) in [6.07, 6.45) is 85.0. The van der Waals surface area contributed by atoms with Gasteiger partial charge in [0.15, 0.2) is 6.10 Å². The van der Waals surface area contributed by atoms with Crippen LogP contribution in [0.1, 0.15) is 342 Å². The Balaban J connectivity index is 4.43. The summed E-state index contributed by atoms with van der Waals surface area (Å²) < 4.78 is 16.9. The van der Waals surface area contributed by atoms with Crippen molar-refractivity contribution < 1.29 is 28.6 Å². The SMILES string of the molecule is CCCCC/C=C\C/C=C\C/C=C\C/C=C\C/C=C\CCC(=O)OC[C@H](COC(=O)CCCCCCCCCCCCCCCCCCCCCCC)OC(=O)CCCCCCCCCCC/C=C\CCCCCCCC. The molecule has 446 valence electrons. The van der Waals surface area contributed by atoms with E-state index in [4.69, 9.17) is 14.2 Å². The fourth-order valence-electron chi connectivity index (χ4n) is 9.66. The van der Waals surface area contributed by atoms with Crippen molar-refractivity contribution in [1.82, 2.24) is 0 Å². The maximum Gasteiger partial charge on any atom is 0.306 e. The van der Waals surface area contributed by atoms with Crippen LogP contribution in [0.2, 0.25) is 0 Å². The first-order valence-electron chi connectivity index (χ1n) is 33.4. The van der Waals surface area contributed by atoms with Gasteiger partial charge in [-0.05, 0) is 83.5 Å². The van der Waals surface area contributed by atoms with Gasteiger partial charge in [-0.2, -0.15) is 0 Å². The Hall–Kier alpha value is -3.15. The summed E-state index contributed by atoms with van der Waals surface area (Å²) in [7, 11) is 0. The van der Waals surface area contributed by atoms with E-state index in [-0.39, 0.29) is 37.5 Å². The maximum absolute atomic E-state index is 12.9. The smallest absolute Gasteiger partial charge is 0.306 e. The minimum absolute atomic E-state index is 0.0957. The second-order valence-corrected chi connectivity index (χ2v) is 22.4. The molecule has 0 saturated heterocycles. The maximum atomic E-state index is 12.9. The third-order valence-electron chi connectivity index (χ3n) is 14.7. The molecule has 0 aromatic carbocycles. The molecule has 0 unspecified atom stereocenters. The normalized spacial score (nSPS) is 12.5. The van der Waals surface area contributed by atoms with Crippen LogP contribution in [0.3, 0.4) is 0 Å². The summed E-state index contributed by atoms with van der Waals surface area (Å²) in [5, 5.41) is 0. The van der Waals surface area contributed by atoms with E-state index in [1.807, 2.05) is 6.08 Å². The van der Waals surface area contributed by atoms with Crippen molar-refractivity contribution in [1.29, 1.82) is 0 Å². The number of allylic oxidation sites excluding steroid dienone is 12. The molecule has 0 aliphatic rings. The predicted molar refractivity (Wildman–Crippen MR) is 335 cm³/mol. The van der Waals surface area contributed by atoms with Gasteiger partial charge in [-0.15, -0.1) is 0 Å². The number of carbonyl (C=O) groups is 3. The fourth-order valence-corrected chi connectivity index (χ4v) is 9.66. The third kappa shape index (κ3) is 63.6. The average molecular weight is 1080 g/mol. The van der Waals surface area contributed by atoms with Gasteiger partial charge in [0.25, 0.3) is 0 Å². The number of rotatable bonds is 61. The van der Waals surface area contributed by atoms with Crippen LogP contribution in [0, 0.1) is 0 Å².